The molecule has 0 radical (unpaired) electrons. The molecule has 0 saturated carbocycles. The Morgan fingerprint density at radius 1 is 1.56 bits per heavy atom. The smallest absolute Gasteiger partial charge is 0.234 e. The van der Waals surface area contributed by atoms with Crippen molar-refractivity contribution in [3.8, 4) is 0 Å². The van der Waals surface area contributed by atoms with Gasteiger partial charge in [-0.1, -0.05) is 5.16 Å². The Kier molecular flexibility index (Phi) is 3.76. The first-order chi connectivity index (χ1) is 8.50. The zero-order valence-electron chi connectivity index (χ0n) is 9.96. The average molecular weight is 274 g/mol. The number of ketones is 1. The Labute approximate surface area is 104 Å². The summed E-state index contributed by atoms with van der Waals surface area (Å²) in [4.78, 5) is 15.4. The second-order valence-electron chi connectivity index (χ2n) is 4.29. The minimum atomic E-state index is -2.97. The predicted octanol–water partition coefficient (Wildman–Crippen LogP) is -0.270. The van der Waals surface area contributed by atoms with Crippen LogP contribution in [0, 0.1) is 0 Å². The van der Waals surface area contributed by atoms with E-state index in [0.29, 0.717) is 12.2 Å². The van der Waals surface area contributed by atoms with Gasteiger partial charge in [0.05, 0.1) is 17.9 Å². The fourth-order valence-electron chi connectivity index (χ4n) is 1.88. The van der Waals surface area contributed by atoms with Gasteiger partial charge < -0.3 is 9.26 Å². The summed E-state index contributed by atoms with van der Waals surface area (Å²) in [5, 5.41) is 3.73. The Morgan fingerprint density at radius 2 is 2.33 bits per heavy atom. The van der Waals surface area contributed by atoms with Crippen molar-refractivity contribution in [3.05, 3.63) is 11.7 Å². The highest BCUT2D eigenvalue weighted by Gasteiger charge is 2.32. The van der Waals surface area contributed by atoms with Crippen molar-refractivity contribution in [3.63, 3.8) is 0 Å². The molecule has 7 nitrogen and oxygen atoms in total. The standard InChI is InChI=1S/C10H14N2O5S/c1-16-5-8(13)4-9-11-10(12-17-9)7-2-3-18(14,15)6-7/h7H,2-6H2,1H3. The molecule has 2 heterocycles. The van der Waals surface area contributed by atoms with E-state index in [1.807, 2.05) is 0 Å². The van der Waals surface area contributed by atoms with Crippen molar-refractivity contribution in [2.24, 2.45) is 0 Å². The van der Waals surface area contributed by atoms with E-state index in [0.717, 1.165) is 0 Å². The van der Waals surface area contributed by atoms with Crippen LogP contribution in [-0.2, 0) is 25.8 Å². The van der Waals surface area contributed by atoms with E-state index in [4.69, 9.17) is 9.26 Å². The molecule has 0 bridgehead atoms. The third-order valence-electron chi connectivity index (χ3n) is 2.74. The van der Waals surface area contributed by atoms with Gasteiger partial charge in [0.15, 0.2) is 21.4 Å². The summed E-state index contributed by atoms with van der Waals surface area (Å²) in [5.41, 5.74) is 0. The van der Waals surface area contributed by atoms with Gasteiger partial charge in [-0.25, -0.2) is 8.42 Å². The molecule has 1 unspecified atom stereocenters. The Balaban J connectivity index is 2.00. The van der Waals surface area contributed by atoms with E-state index in [1.54, 1.807) is 0 Å². The number of aromatic nitrogens is 2. The van der Waals surface area contributed by atoms with Crippen LogP contribution in [0.15, 0.2) is 4.52 Å². The zero-order chi connectivity index (χ0) is 13.2. The third kappa shape index (κ3) is 3.14. The molecule has 1 aromatic rings. The average Bonchev–Trinajstić information content (AvgIpc) is 2.85. The number of hydrogen-bond donors (Lipinski definition) is 0. The summed E-state index contributed by atoms with van der Waals surface area (Å²) in [7, 11) is -1.54. The molecule has 1 aromatic heterocycles. The molecule has 0 aliphatic carbocycles. The van der Waals surface area contributed by atoms with E-state index in [-0.39, 0.29) is 42.1 Å². The fourth-order valence-corrected chi connectivity index (χ4v) is 3.62. The maximum Gasteiger partial charge on any atom is 0.234 e. The second-order valence-corrected chi connectivity index (χ2v) is 6.52. The number of ether oxygens (including phenoxy) is 1. The van der Waals surface area contributed by atoms with E-state index in [9.17, 15) is 13.2 Å². The van der Waals surface area contributed by atoms with Crippen LogP contribution in [0.1, 0.15) is 24.1 Å². The lowest BCUT2D eigenvalue weighted by molar-refractivity contribution is -0.122. The highest BCUT2D eigenvalue weighted by Crippen LogP contribution is 2.26. The van der Waals surface area contributed by atoms with Crippen LogP contribution < -0.4 is 0 Å². The molecule has 0 aromatic carbocycles. The first kappa shape index (κ1) is 13.2. The summed E-state index contributed by atoms with van der Waals surface area (Å²) in [6, 6.07) is 0. The topological polar surface area (TPSA) is 99.4 Å². The number of hydrogen-bond acceptors (Lipinski definition) is 7. The molecule has 1 aliphatic rings. The molecule has 1 fully saturated rings. The zero-order valence-corrected chi connectivity index (χ0v) is 10.8. The van der Waals surface area contributed by atoms with Crippen molar-refractivity contribution in [2.45, 2.75) is 18.8 Å². The molecule has 100 valence electrons. The van der Waals surface area contributed by atoms with Crippen LogP contribution in [0.5, 0.6) is 0 Å². The molecule has 2 rings (SSSR count). The fraction of sp³-hybridized carbons (Fsp3) is 0.700. The van der Waals surface area contributed by atoms with Crippen LogP contribution in [0.25, 0.3) is 0 Å². The highest BCUT2D eigenvalue weighted by molar-refractivity contribution is 7.91. The summed E-state index contributed by atoms with van der Waals surface area (Å²) in [6.45, 7) is -0.00444. The normalized spacial score (nSPS) is 22.2. The van der Waals surface area contributed by atoms with E-state index in [2.05, 4.69) is 10.1 Å². The molecule has 0 N–H and O–H groups in total. The van der Waals surface area contributed by atoms with Crippen molar-refractivity contribution in [2.75, 3.05) is 25.2 Å². The quantitative estimate of drug-likeness (QED) is 0.728. The van der Waals surface area contributed by atoms with Gasteiger partial charge >= 0.3 is 0 Å². The minimum Gasteiger partial charge on any atom is -0.377 e. The number of sulfone groups is 1. The third-order valence-corrected chi connectivity index (χ3v) is 4.50. The summed E-state index contributed by atoms with van der Waals surface area (Å²) >= 11 is 0. The van der Waals surface area contributed by atoms with E-state index >= 15 is 0 Å². The van der Waals surface area contributed by atoms with Crippen LogP contribution in [0.3, 0.4) is 0 Å². The van der Waals surface area contributed by atoms with Gasteiger partial charge in [0.25, 0.3) is 0 Å². The molecule has 18 heavy (non-hydrogen) atoms. The maximum atomic E-state index is 11.3. The van der Waals surface area contributed by atoms with Crippen molar-refractivity contribution in [1.82, 2.24) is 10.1 Å². The number of rotatable bonds is 5. The molecule has 8 heteroatoms. The highest BCUT2D eigenvalue weighted by atomic mass is 32.2. The number of Topliss-reactive ketones (excluding diaryl/α,β-unsaturated/α-hetero) is 1. The molecule has 1 saturated heterocycles. The van der Waals surface area contributed by atoms with Crippen LogP contribution in [0.2, 0.25) is 0 Å². The lowest BCUT2D eigenvalue weighted by Crippen LogP contribution is -2.10. The van der Waals surface area contributed by atoms with Crippen LogP contribution in [0.4, 0.5) is 0 Å². The first-order valence-corrected chi connectivity index (χ1v) is 7.36. The number of nitrogens with zero attached hydrogens (tertiary/aromatic N) is 2. The Bertz CT molecular complexity index is 536. The second kappa shape index (κ2) is 5.15. The van der Waals surface area contributed by atoms with Gasteiger partial charge in [0.1, 0.15) is 6.61 Å². The van der Waals surface area contributed by atoms with Gasteiger partial charge in [-0.3, -0.25) is 4.79 Å². The number of carbonyl (C=O) groups excluding carboxylic acids is 1. The van der Waals surface area contributed by atoms with E-state index in [1.165, 1.54) is 7.11 Å². The predicted molar refractivity (Wildman–Crippen MR) is 60.9 cm³/mol. The SMILES string of the molecule is COCC(=O)Cc1nc(C2CCS(=O)(=O)C2)no1. The van der Waals surface area contributed by atoms with Gasteiger partial charge in [0, 0.05) is 13.0 Å². The molecule has 0 spiro atoms. The number of methoxy groups -OCH3 is 1. The minimum absolute atomic E-state index is 0.00444. The van der Waals surface area contributed by atoms with Gasteiger partial charge in [0.2, 0.25) is 5.89 Å². The summed E-state index contributed by atoms with van der Waals surface area (Å²) in [6.07, 6.45) is 0.521. The van der Waals surface area contributed by atoms with Crippen molar-refractivity contribution in [1.29, 1.82) is 0 Å². The first-order valence-electron chi connectivity index (χ1n) is 5.54. The Morgan fingerprint density at radius 3 is 2.94 bits per heavy atom. The molecule has 0 amide bonds. The lowest BCUT2D eigenvalue weighted by Gasteiger charge is -1.98. The van der Waals surface area contributed by atoms with Gasteiger partial charge in [-0.15, -0.1) is 0 Å². The number of carbonyl (C=O) groups is 1. The monoisotopic (exact) mass is 274 g/mol. The van der Waals surface area contributed by atoms with E-state index < -0.39 is 9.84 Å². The van der Waals surface area contributed by atoms with Crippen LogP contribution in [-0.4, -0.2) is 49.6 Å². The molecule has 1 atom stereocenters. The summed E-state index contributed by atoms with van der Waals surface area (Å²) < 4.78 is 32.3. The van der Waals surface area contributed by atoms with Gasteiger partial charge in [-0.2, -0.15) is 4.98 Å². The Hall–Kier alpha value is -1.28. The molecular formula is C10H14N2O5S. The summed E-state index contributed by atoms with van der Waals surface area (Å²) in [5.74, 6) is 0.409. The lowest BCUT2D eigenvalue weighted by atomic mass is 10.1. The van der Waals surface area contributed by atoms with Crippen molar-refractivity contribution < 1.29 is 22.5 Å². The largest absolute Gasteiger partial charge is 0.377 e. The van der Waals surface area contributed by atoms with Gasteiger partial charge in [-0.05, 0) is 6.42 Å². The van der Waals surface area contributed by atoms with Crippen molar-refractivity contribution >= 4 is 15.6 Å². The molecule has 1 aliphatic heterocycles. The maximum absolute atomic E-state index is 11.3. The molecular weight excluding hydrogens is 260 g/mol. The van der Waals surface area contributed by atoms with Crippen LogP contribution >= 0.6 is 0 Å².